The lowest BCUT2D eigenvalue weighted by Gasteiger charge is -2.34. The van der Waals surface area contributed by atoms with Crippen molar-refractivity contribution in [1.82, 2.24) is 30.8 Å². The van der Waals surface area contributed by atoms with Crippen molar-refractivity contribution in [3.63, 3.8) is 0 Å². The van der Waals surface area contributed by atoms with Gasteiger partial charge in [-0.05, 0) is 65.7 Å². The van der Waals surface area contributed by atoms with Gasteiger partial charge in [0.15, 0.2) is 0 Å². The Balaban J connectivity index is 0.00000160. The van der Waals surface area contributed by atoms with Gasteiger partial charge >= 0.3 is 0 Å². The van der Waals surface area contributed by atoms with Crippen molar-refractivity contribution < 1.29 is 4.74 Å². The third kappa shape index (κ3) is 5.70. The van der Waals surface area contributed by atoms with Gasteiger partial charge in [0.25, 0.3) is 0 Å². The SMILES string of the molecule is COc1ccc(-n2cnnn2)cc1CNC1CCCNC1c1cccc(Br)c1.Cl.Cl. The second kappa shape index (κ2) is 11.6. The van der Waals surface area contributed by atoms with Crippen molar-refractivity contribution in [1.29, 1.82) is 0 Å². The molecule has 0 saturated carbocycles. The molecule has 1 saturated heterocycles. The normalized spacial score (nSPS) is 18.2. The highest BCUT2D eigenvalue weighted by Crippen LogP contribution is 2.27. The minimum absolute atomic E-state index is 0. The Morgan fingerprint density at radius 3 is 2.83 bits per heavy atom. The van der Waals surface area contributed by atoms with Gasteiger partial charge in [0, 0.05) is 28.7 Å². The van der Waals surface area contributed by atoms with Crippen LogP contribution >= 0.6 is 40.7 Å². The van der Waals surface area contributed by atoms with Crippen LogP contribution in [-0.2, 0) is 6.54 Å². The minimum atomic E-state index is 0. The first kappa shape index (κ1) is 24.6. The van der Waals surface area contributed by atoms with Crippen LogP contribution in [0.15, 0.2) is 53.3 Å². The van der Waals surface area contributed by atoms with Gasteiger partial charge < -0.3 is 15.4 Å². The van der Waals surface area contributed by atoms with E-state index in [9.17, 15) is 0 Å². The van der Waals surface area contributed by atoms with E-state index in [0.717, 1.165) is 40.9 Å². The van der Waals surface area contributed by atoms with Crippen LogP contribution in [0.1, 0.15) is 30.0 Å². The number of benzene rings is 2. The average Bonchev–Trinajstić information content (AvgIpc) is 3.27. The van der Waals surface area contributed by atoms with Gasteiger partial charge in [0.1, 0.15) is 12.1 Å². The first-order chi connectivity index (χ1) is 13.7. The maximum absolute atomic E-state index is 5.56. The number of nitrogens with one attached hydrogen (secondary N) is 2. The molecule has 0 aliphatic carbocycles. The van der Waals surface area contributed by atoms with E-state index in [1.807, 2.05) is 12.1 Å². The van der Waals surface area contributed by atoms with Gasteiger partial charge in [0.05, 0.1) is 12.8 Å². The summed E-state index contributed by atoms with van der Waals surface area (Å²) in [6, 6.07) is 15.1. The molecule has 2 atom stereocenters. The summed E-state index contributed by atoms with van der Waals surface area (Å²) in [7, 11) is 1.70. The van der Waals surface area contributed by atoms with E-state index >= 15 is 0 Å². The molecule has 1 aliphatic rings. The number of methoxy groups -OCH3 is 1. The number of hydrogen-bond donors (Lipinski definition) is 2. The van der Waals surface area contributed by atoms with Gasteiger partial charge in [-0.3, -0.25) is 0 Å². The topological polar surface area (TPSA) is 76.9 Å². The fourth-order valence-corrected chi connectivity index (χ4v) is 4.14. The van der Waals surface area contributed by atoms with Gasteiger partial charge in [-0.15, -0.1) is 29.9 Å². The summed E-state index contributed by atoms with van der Waals surface area (Å²) in [6.45, 7) is 1.74. The summed E-state index contributed by atoms with van der Waals surface area (Å²) in [5.74, 6) is 0.854. The second-order valence-electron chi connectivity index (χ2n) is 6.87. The first-order valence-electron chi connectivity index (χ1n) is 9.37. The molecule has 1 aliphatic heterocycles. The van der Waals surface area contributed by atoms with Crippen molar-refractivity contribution in [2.45, 2.75) is 31.5 Å². The summed E-state index contributed by atoms with van der Waals surface area (Å²) in [6.07, 6.45) is 3.87. The van der Waals surface area contributed by atoms with Crippen molar-refractivity contribution in [3.05, 3.63) is 64.4 Å². The highest BCUT2D eigenvalue weighted by atomic mass is 79.9. The summed E-state index contributed by atoms with van der Waals surface area (Å²) in [4.78, 5) is 0. The third-order valence-corrected chi connectivity index (χ3v) is 5.59. The third-order valence-electron chi connectivity index (χ3n) is 5.10. The van der Waals surface area contributed by atoms with E-state index in [4.69, 9.17) is 4.74 Å². The van der Waals surface area contributed by atoms with E-state index in [2.05, 4.69) is 72.4 Å². The minimum Gasteiger partial charge on any atom is -0.496 e. The Kier molecular flexibility index (Phi) is 9.51. The number of halogens is 3. The van der Waals surface area contributed by atoms with Crippen LogP contribution in [0.2, 0.25) is 0 Å². The fourth-order valence-electron chi connectivity index (χ4n) is 3.72. The average molecular weight is 516 g/mol. The molecule has 2 aromatic carbocycles. The van der Waals surface area contributed by atoms with E-state index in [0.29, 0.717) is 12.6 Å². The molecule has 30 heavy (non-hydrogen) atoms. The summed E-state index contributed by atoms with van der Waals surface area (Å²) >= 11 is 3.59. The molecular weight excluding hydrogens is 491 g/mol. The first-order valence-corrected chi connectivity index (χ1v) is 10.2. The molecule has 1 aromatic heterocycles. The molecule has 10 heteroatoms. The Morgan fingerprint density at radius 2 is 2.10 bits per heavy atom. The predicted octanol–water partition coefficient (Wildman–Crippen LogP) is 3.86. The molecular formula is C20H25BrCl2N6O. The van der Waals surface area contributed by atoms with Crippen LogP contribution in [0.3, 0.4) is 0 Å². The number of tetrazole rings is 1. The zero-order chi connectivity index (χ0) is 19.3. The van der Waals surface area contributed by atoms with Crippen molar-refractivity contribution >= 4 is 40.7 Å². The van der Waals surface area contributed by atoms with Gasteiger partial charge in [-0.1, -0.05) is 28.1 Å². The number of hydrogen-bond acceptors (Lipinski definition) is 6. The second-order valence-corrected chi connectivity index (χ2v) is 7.78. The van der Waals surface area contributed by atoms with Crippen molar-refractivity contribution in [2.75, 3.05) is 13.7 Å². The van der Waals surface area contributed by atoms with Crippen molar-refractivity contribution in [3.8, 4) is 11.4 Å². The van der Waals surface area contributed by atoms with Crippen LogP contribution in [0.5, 0.6) is 5.75 Å². The van der Waals surface area contributed by atoms with Gasteiger partial charge in [0.2, 0.25) is 0 Å². The Morgan fingerprint density at radius 1 is 1.23 bits per heavy atom. The smallest absolute Gasteiger partial charge is 0.143 e. The monoisotopic (exact) mass is 514 g/mol. The van der Waals surface area contributed by atoms with Crippen LogP contribution in [0.4, 0.5) is 0 Å². The van der Waals surface area contributed by atoms with Gasteiger partial charge in [-0.2, -0.15) is 0 Å². The molecule has 162 valence electrons. The van der Waals surface area contributed by atoms with E-state index in [1.165, 1.54) is 5.56 Å². The highest BCUT2D eigenvalue weighted by molar-refractivity contribution is 9.10. The summed E-state index contributed by atoms with van der Waals surface area (Å²) in [5, 5.41) is 18.8. The van der Waals surface area contributed by atoms with Crippen LogP contribution in [0.25, 0.3) is 5.69 Å². The van der Waals surface area contributed by atoms with E-state index in [-0.39, 0.29) is 30.9 Å². The molecule has 1 fully saturated rings. The maximum atomic E-state index is 5.56. The molecule has 4 rings (SSSR count). The molecule has 2 unspecified atom stereocenters. The van der Waals surface area contributed by atoms with Crippen LogP contribution in [-0.4, -0.2) is 39.9 Å². The molecule has 0 amide bonds. The Bertz CT molecular complexity index is 927. The molecule has 0 spiro atoms. The molecule has 0 bridgehead atoms. The van der Waals surface area contributed by atoms with E-state index < -0.39 is 0 Å². The zero-order valence-electron chi connectivity index (χ0n) is 16.5. The molecule has 3 aromatic rings. The summed E-state index contributed by atoms with van der Waals surface area (Å²) in [5.41, 5.74) is 3.28. The number of ether oxygens (including phenoxy) is 1. The Labute approximate surface area is 196 Å². The Hall–Kier alpha value is -1.71. The predicted molar refractivity (Wildman–Crippen MR) is 125 cm³/mol. The number of piperidine rings is 1. The number of aromatic nitrogens is 4. The number of rotatable bonds is 6. The maximum Gasteiger partial charge on any atom is 0.143 e. The highest BCUT2D eigenvalue weighted by Gasteiger charge is 2.26. The van der Waals surface area contributed by atoms with Gasteiger partial charge in [-0.25, -0.2) is 4.68 Å². The van der Waals surface area contributed by atoms with Crippen LogP contribution < -0.4 is 15.4 Å². The molecule has 2 N–H and O–H groups in total. The fraction of sp³-hybridized carbons (Fsp3) is 0.350. The molecule has 2 heterocycles. The standard InChI is InChI=1S/C20H23BrN6O.2ClH/c1-28-19-8-7-17(27-13-24-25-26-27)11-15(19)12-23-18-6-3-9-22-20(18)14-4-2-5-16(21)10-14;;/h2,4-5,7-8,10-11,13,18,20,22-23H,3,6,9,12H2,1H3;2*1H. The lowest BCUT2D eigenvalue weighted by Crippen LogP contribution is -2.45. The number of nitrogens with zero attached hydrogens (tertiary/aromatic N) is 4. The molecule has 7 nitrogen and oxygen atoms in total. The zero-order valence-corrected chi connectivity index (χ0v) is 19.7. The summed E-state index contributed by atoms with van der Waals surface area (Å²) < 4.78 is 8.31. The van der Waals surface area contributed by atoms with Crippen LogP contribution in [0, 0.1) is 0 Å². The lowest BCUT2D eigenvalue weighted by atomic mass is 9.92. The van der Waals surface area contributed by atoms with Crippen molar-refractivity contribution in [2.24, 2.45) is 0 Å². The van der Waals surface area contributed by atoms with E-state index in [1.54, 1.807) is 18.1 Å². The quantitative estimate of drug-likeness (QED) is 0.519. The lowest BCUT2D eigenvalue weighted by molar-refractivity contribution is 0.302. The molecule has 0 radical (unpaired) electrons. The largest absolute Gasteiger partial charge is 0.496 e.